The van der Waals surface area contributed by atoms with E-state index in [0.717, 1.165) is 16.8 Å². The summed E-state index contributed by atoms with van der Waals surface area (Å²) in [5.41, 5.74) is -1.48. The molecule has 4 amide bonds. The van der Waals surface area contributed by atoms with Gasteiger partial charge in [0.2, 0.25) is 5.91 Å². The van der Waals surface area contributed by atoms with E-state index in [4.69, 9.17) is 0 Å². The number of imide groups is 1. The molecular formula is C22H16F3N3O3. The summed E-state index contributed by atoms with van der Waals surface area (Å²) in [5, 5.41) is 6.45. The molecule has 3 aromatic carbocycles. The highest BCUT2D eigenvalue weighted by Gasteiger charge is 2.49. The van der Waals surface area contributed by atoms with E-state index in [0.29, 0.717) is 16.5 Å². The third-order valence-corrected chi connectivity index (χ3v) is 5.21. The van der Waals surface area contributed by atoms with E-state index in [1.807, 2.05) is 35.6 Å². The van der Waals surface area contributed by atoms with Gasteiger partial charge in [0.25, 0.3) is 5.91 Å². The molecule has 2 N–H and O–H groups in total. The van der Waals surface area contributed by atoms with E-state index in [1.165, 1.54) is 6.92 Å². The Morgan fingerprint density at radius 2 is 1.71 bits per heavy atom. The number of halogens is 3. The highest BCUT2D eigenvalue weighted by Crippen LogP contribution is 2.31. The van der Waals surface area contributed by atoms with Crippen LogP contribution in [0.3, 0.4) is 0 Å². The van der Waals surface area contributed by atoms with E-state index < -0.39 is 53.1 Å². The minimum absolute atomic E-state index is 0.527. The van der Waals surface area contributed by atoms with Crippen LogP contribution in [0.1, 0.15) is 12.5 Å². The summed E-state index contributed by atoms with van der Waals surface area (Å²) in [6.45, 7) is 0.788. The zero-order valence-corrected chi connectivity index (χ0v) is 16.2. The van der Waals surface area contributed by atoms with Gasteiger partial charge in [-0.05, 0) is 41.5 Å². The van der Waals surface area contributed by atoms with Gasteiger partial charge in [0.05, 0.1) is 5.69 Å². The molecule has 1 unspecified atom stereocenters. The molecule has 1 atom stereocenters. The summed E-state index contributed by atoms with van der Waals surface area (Å²) < 4.78 is 40.2. The number of amides is 4. The van der Waals surface area contributed by atoms with Crippen LogP contribution in [-0.4, -0.2) is 29.3 Å². The molecule has 1 aliphatic heterocycles. The Morgan fingerprint density at radius 3 is 2.45 bits per heavy atom. The Kier molecular flexibility index (Phi) is 4.88. The SMILES string of the molecule is CC1(c2ccc3ccccc3c2)NC(=O)N(CC(=O)Nc2ccc(F)c(F)c2F)C1=O. The van der Waals surface area contributed by atoms with Crippen LogP contribution in [-0.2, 0) is 15.1 Å². The molecule has 1 saturated heterocycles. The van der Waals surface area contributed by atoms with Crippen molar-refractivity contribution >= 4 is 34.3 Å². The van der Waals surface area contributed by atoms with Crippen molar-refractivity contribution in [1.82, 2.24) is 10.2 Å². The normalized spacial score (nSPS) is 18.4. The third kappa shape index (κ3) is 3.48. The smallest absolute Gasteiger partial charge is 0.322 e. The molecule has 0 spiro atoms. The minimum Gasteiger partial charge on any atom is -0.322 e. The number of carbonyl (C=O) groups excluding carboxylic acids is 3. The summed E-state index contributed by atoms with van der Waals surface area (Å²) in [6, 6.07) is 13.5. The van der Waals surface area contributed by atoms with Crippen molar-refractivity contribution in [3.8, 4) is 0 Å². The van der Waals surface area contributed by atoms with E-state index in [1.54, 1.807) is 12.1 Å². The number of nitrogens with one attached hydrogen (secondary N) is 2. The number of hydrogen-bond acceptors (Lipinski definition) is 3. The van der Waals surface area contributed by atoms with Crippen LogP contribution in [0, 0.1) is 17.5 Å². The highest BCUT2D eigenvalue weighted by atomic mass is 19.2. The molecule has 1 fully saturated rings. The summed E-state index contributed by atoms with van der Waals surface area (Å²) >= 11 is 0. The molecule has 6 nitrogen and oxygen atoms in total. The second-order valence-corrected chi connectivity index (χ2v) is 7.28. The fraction of sp³-hybridized carbons (Fsp3) is 0.136. The predicted octanol–water partition coefficient (Wildman–Crippen LogP) is 3.66. The van der Waals surface area contributed by atoms with Gasteiger partial charge in [0, 0.05) is 0 Å². The van der Waals surface area contributed by atoms with Gasteiger partial charge in [-0.25, -0.2) is 18.0 Å². The first-order chi connectivity index (χ1) is 14.7. The molecule has 1 heterocycles. The van der Waals surface area contributed by atoms with E-state index in [9.17, 15) is 27.6 Å². The van der Waals surface area contributed by atoms with E-state index in [-0.39, 0.29) is 0 Å². The Morgan fingerprint density at radius 1 is 1.00 bits per heavy atom. The van der Waals surface area contributed by atoms with Crippen LogP contribution in [0.25, 0.3) is 10.8 Å². The first-order valence-corrected chi connectivity index (χ1v) is 9.27. The van der Waals surface area contributed by atoms with Crippen LogP contribution >= 0.6 is 0 Å². The molecule has 31 heavy (non-hydrogen) atoms. The zero-order valence-electron chi connectivity index (χ0n) is 16.2. The number of benzene rings is 3. The molecule has 3 aromatic rings. The van der Waals surface area contributed by atoms with Crippen LogP contribution in [0.15, 0.2) is 54.6 Å². The van der Waals surface area contributed by atoms with Gasteiger partial charge in [0.1, 0.15) is 12.1 Å². The van der Waals surface area contributed by atoms with Crippen LogP contribution in [0.2, 0.25) is 0 Å². The molecular weight excluding hydrogens is 411 g/mol. The fourth-order valence-corrected chi connectivity index (χ4v) is 3.49. The quantitative estimate of drug-likeness (QED) is 0.493. The van der Waals surface area contributed by atoms with Crippen molar-refractivity contribution in [1.29, 1.82) is 0 Å². The fourth-order valence-electron chi connectivity index (χ4n) is 3.49. The van der Waals surface area contributed by atoms with Crippen molar-refractivity contribution in [2.24, 2.45) is 0 Å². The summed E-state index contributed by atoms with van der Waals surface area (Å²) in [4.78, 5) is 38.4. The minimum atomic E-state index is -1.74. The van der Waals surface area contributed by atoms with Gasteiger partial charge < -0.3 is 10.6 Å². The predicted molar refractivity (Wildman–Crippen MR) is 106 cm³/mol. The topological polar surface area (TPSA) is 78.5 Å². The maximum absolute atomic E-state index is 13.8. The third-order valence-electron chi connectivity index (χ3n) is 5.21. The number of carbonyl (C=O) groups is 3. The molecule has 0 aromatic heterocycles. The Balaban J connectivity index is 1.55. The first-order valence-electron chi connectivity index (χ1n) is 9.27. The second-order valence-electron chi connectivity index (χ2n) is 7.28. The maximum Gasteiger partial charge on any atom is 0.325 e. The van der Waals surface area contributed by atoms with Gasteiger partial charge in [-0.1, -0.05) is 36.4 Å². The molecule has 158 valence electrons. The molecule has 0 radical (unpaired) electrons. The maximum atomic E-state index is 13.8. The number of anilines is 1. The average Bonchev–Trinajstić information content (AvgIpc) is 2.97. The number of nitrogens with zero attached hydrogens (tertiary/aromatic N) is 1. The van der Waals surface area contributed by atoms with Gasteiger partial charge >= 0.3 is 6.03 Å². The lowest BCUT2D eigenvalue weighted by Gasteiger charge is -2.22. The Hall–Kier alpha value is -3.88. The lowest BCUT2D eigenvalue weighted by molar-refractivity contribution is -0.133. The van der Waals surface area contributed by atoms with Crippen molar-refractivity contribution in [2.75, 3.05) is 11.9 Å². The van der Waals surface area contributed by atoms with Crippen LogP contribution in [0.4, 0.5) is 23.7 Å². The average molecular weight is 427 g/mol. The molecule has 0 aliphatic carbocycles. The molecule has 0 saturated carbocycles. The van der Waals surface area contributed by atoms with E-state index in [2.05, 4.69) is 5.32 Å². The van der Waals surface area contributed by atoms with Crippen molar-refractivity contribution in [3.63, 3.8) is 0 Å². The van der Waals surface area contributed by atoms with Gasteiger partial charge in [-0.3, -0.25) is 14.5 Å². The van der Waals surface area contributed by atoms with E-state index >= 15 is 0 Å². The second kappa shape index (κ2) is 7.42. The molecule has 9 heteroatoms. The molecule has 0 bridgehead atoms. The summed E-state index contributed by atoms with van der Waals surface area (Å²) in [7, 11) is 0. The molecule has 4 rings (SSSR count). The van der Waals surface area contributed by atoms with Crippen LogP contribution < -0.4 is 10.6 Å². The first kappa shape index (κ1) is 20.4. The lowest BCUT2D eigenvalue weighted by atomic mass is 9.90. The van der Waals surface area contributed by atoms with Crippen molar-refractivity contribution in [3.05, 3.63) is 77.6 Å². The van der Waals surface area contributed by atoms with Crippen LogP contribution in [0.5, 0.6) is 0 Å². The Bertz CT molecular complexity index is 1250. The molecule has 1 aliphatic rings. The van der Waals surface area contributed by atoms with Crippen molar-refractivity contribution in [2.45, 2.75) is 12.5 Å². The largest absolute Gasteiger partial charge is 0.325 e. The number of hydrogen-bond donors (Lipinski definition) is 2. The number of urea groups is 1. The van der Waals surface area contributed by atoms with Crippen molar-refractivity contribution < 1.29 is 27.6 Å². The number of rotatable bonds is 4. The lowest BCUT2D eigenvalue weighted by Crippen LogP contribution is -2.42. The van der Waals surface area contributed by atoms with Gasteiger partial charge in [-0.15, -0.1) is 0 Å². The van der Waals surface area contributed by atoms with Gasteiger partial charge in [-0.2, -0.15) is 0 Å². The summed E-state index contributed by atoms with van der Waals surface area (Å²) in [5.74, 6) is -6.34. The standard InChI is InChI=1S/C22H16F3N3O3/c1-22(14-7-6-12-4-2-3-5-13(12)10-14)20(30)28(21(31)27-22)11-17(29)26-16-9-8-15(23)18(24)19(16)25/h2-10H,11H2,1H3,(H,26,29)(H,27,31). The zero-order chi connectivity index (χ0) is 22.3. The Labute approximate surface area is 174 Å². The number of fused-ring (bicyclic) bond motifs is 1. The monoisotopic (exact) mass is 427 g/mol. The summed E-state index contributed by atoms with van der Waals surface area (Å²) in [6.07, 6.45) is 0. The van der Waals surface area contributed by atoms with Gasteiger partial charge in [0.15, 0.2) is 17.5 Å². The highest BCUT2D eigenvalue weighted by molar-refractivity contribution is 6.10.